The Morgan fingerprint density at radius 1 is 1.10 bits per heavy atom. The maximum atomic E-state index is 12.6. The summed E-state index contributed by atoms with van der Waals surface area (Å²) in [5.74, 6) is 1.56. The van der Waals surface area contributed by atoms with Crippen molar-refractivity contribution in [2.24, 2.45) is 0 Å². The molecule has 0 atom stereocenters. The van der Waals surface area contributed by atoms with Gasteiger partial charge in [-0.15, -0.1) is 5.10 Å². The zero-order valence-corrected chi connectivity index (χ0v) is 17.8. The van der Waals surface area contributed by atoms with Crippen molar-refractivity contribution in [1.82, 2.24) is 14.8 Å². The fourth-order valence-electron chi connectivity index (χ4n) is 3.76. The molecule has 1 saturated heterocycles. The molecule has 2 amide bonds. The molecular weight excluding hydrogens is 410 g/mol. The molecule has 5 rings (SSSR count). The summed E-state index contributed by atoms with van der Waals surface area (Å²) in [5.41, 5.74) is 2.40. The fraction of sp³-hybridized carbons (Fsp3) is 0.304. The van der Waals surface area contributed by atoms with Gasteiger partial charge in [0.25, 0.3) is 0 Å². The van der Waals surface area contributed by atoms with Crippen molar-refractivity contribution in [3.8, 4) is 5.69 Å². The van der Waals surface area contributed by atoms with Crippen LogP contribution >= 0.6 is 11.8 Å². The van der Waals surface area contributed by atoms with Crippen LogP contribution in [0.5, 0.6) is 0 Å². The first-order valence-corrected chi connectivity index (χ1v) is 11.5. The summed E-state index contributed by atoms with van der Waals surface area (Å²) < 4.78 is 1.90. The molecule has 2 fully saturated rings. The van der Waals surface area contributed by atoms with Crippen molar-refractivity contribution in [2.45, 2.75) is 36.8 Å². The summed E-state index contributed by atoms with van der Waals surface area (Å²) in [7, 11) is 0. The van der Waals surface area contributed by atoms with Crippen LogP contribution in [-0.2, 0) is 9.59 Å². The molecule has 0 spiro atoms. The van der Waals surface area contributed by atoms with E-state index in [1.165, 1.54) is 11.8 Å². The third kappa shape index (κ3) is 4.34. The van der Waals surface area contributed by atoms with Crippen molar-refractivity contribution in [3.63, 3.8) is 0 Å². The lowest BCUT2D eigenvalue weighted by Crippen LogP contribution is -2.26. The summed E-state index contributed by atoms with van der Waals surface area (Å²) in [5, 5.41) is 8.20. The van der Waals surface area contributed by atoms with Gasteiger partial charge in [-0.3, -0.25) is 9.59 Å². The smallest absolute Gasteiger partial charge is 0.234 e. The molecule has 2 aromatic carbocycles. The summed E-state index contributed by atoms with van der Waals surface area (Å²) in [6.07, 6.45) is 3.65. The number of amides is 2. The van der Waals surface area contributed by atoms with Gasteiger partial charge in [0.1, 0.15) is 5.82 Å². The van der Waals surface area contributed by atoms with Crippen LogP contribution in [0.1, 0.15) is 37.4 Å². The van der Waals surface area contributed by atoms with E-state index in [9.17, 15) is 9.59 Å². The Balaban J connectivity index is 1.27. The Labute approximate surface area is 184 Å². The largest absolute Gasteiger partial charge is 0.324 e. The molecule has 8 heteroatoms. The molecule has 1 aliphatic heterocycles. The molecule has 0 unspecified atom stereocenters. The minimum atomic E-state index is -0.145. The lowest BCUT2D eigenvalue weighted by molar-refractivity contribution is -0.117. The number of carbonyl (C=O) groups excluding carboxylic acids is 2. The van der Waals surface area contributed by atoms with Gasteiger partial charge in [0, 0.05) is 18.9 Å². The van der Waals surface area contributed by atoms with Gasteiger partial charge >= 0.3 is 0 Å². The van der Waals surface area contributed by atoms with Crippen LogP contribution in [0.25, 0.3) is 5.69 Å². The second-order valence-corrected chi connectivity index (χ2v) is 8.72. The Kier molecular flexibility index (Phi) is 5.46. The van der Waals surface area contributed by atoms with Crippen LogP contribution in [0.2, 0.25) is 0 Å². The molecule has 0 radical (unpaired) electrons. The van der Waals surface area contributed by atoms with E-state index in [1.807, 2.05) is 59.3 Å². The second-order valence-electron chi connectivity index (χ2n) is 7.78. The van der Waals surface area contributed by atoms with Gasteiger partial charge in [-0.05, 0) is 43.5 Å². The Morgan fingerprint density at radius 2 is 1.87 bits per heavy atom. The fourth-order valence-corrected chi connectivity index (χ4v) is 4.39. The molecule has 2 aliphatic rings. The minimum Gasteiger partial charge on any atom is -0.324 e. The van der Waals surface area contributed by atoms with E-state index in [-0.39, 0.29) is 17.6 Å². The van der Waals surface area contributed by atoms with Crippen molar-refractivity contribution in [3.05, 3.63) is 60.4 Å². The van der Waals surface area contributed by atoms with Gasteiger partial charge < -0.3 is 10.2 Å². The van der Waals surface area contributed by atoms with E-state index < -0.39 is 0 Å². The average molecular weight is 434 g/mol. The molecule has 1 saturated carbocycles. The molecule has 1 aromatic heterocycles. The summed E-state index contributed by atoms with van der Waals surface area (Å²) in [6, 6.07) is 17.4. The molecule has 0 bridgehead atoms. The van der Waals surface area contributed by atoms with Gasteiger partial charge in [0.05, 0.1) is 22.8 Å². The number of nitrogens with one attached hydrogen (secondary N) is 1. The van der Waals surface area contributed by atoms with E-state index in [1.54, 1.807) is 4.90 Å². The van der Waals surface area contributed by atoms with E-state index in [0.29, 0.717) is 29.7 Å². The number of rotatable bonds is 7. The Bertz CT molecular complexity index is 1110. The number of aromatic nitrogens is 3. The number of hydrogen-bond acceptors (Lipinski definition) is 5. The van der Waals surface area contributed by atoms with Crippen LogP contribution in [0.3, 0.4) is 0 Å². The predicted octanol–water partition coefficient (Wildman–Crippen LogP) is 4.00. The summed E-state index contributed by atoms with van der Waals surface area (Å²) in [4.78, 5) is 31.2. The van der Waals surface area contributed by atoms with Gasteiger partial charge in [-0.1, -0.05) is 42.1 Å². The maximum absolute atomic E-state index is 12.6. The van der Waals surface area contributed by atoms with Crippen LogP contribution in [0.15, 0.2) is 59.8 Å². The van der Waals surface area contributed by atoms with Gasteiger partial charge in [0.2, 0.25) is 17.0 Å². The molecule has 1 aliphatic carbocycles. The SMILES string of the molecule is O=C(CSc1nc(C2CC2)n(-c2ccccc2)n1)Nc1ccccc1N1CCCC1=O. The second kappa shape index (κ2) is 8.55. The number of para-hydroxylation sites is 3. The number of thioether (sulfide) groups is 1. The van der Waals surface area contributed by atoms with Crippen molar-refractivity contribution in [2.75, 3.05) is 22.5 Å². The molecule has 3 aromatic rings. The third-order valence-corrected chi connectivity index (χ3v) is 6.27. The normalized spacial score (nSPS) is 16.0. The first-order chi connectivity index (χ1) is 15.2. The molecule has 158 valence electrons. The molecular formula is C23H23N5O2S. The summed E-state index contributed by atoms with van der Waals surface area (Å²) in [6.45, 7) is 0.686. The van der Waals surface area contributed by atoms with Crippen molar-refractivity contribution < 1.29 is 9.59 Å². The number of carbonyl (C=O) groups is 2. The zero-order chi connectivity index (χ0) is 21.2. The highest BCUT2D eigenvalue weighted by Crippen LogP contribution is 2.40. The van der Waals surface area contributed by atoms with Gasteiger partial charge in [0.15, 0.2) is 0 Å². The highest BCUT2D eigenvalue weighted by molar-refractivity contribution is 7.99. The monoisotopic (exact) mass is 433 g/mol. The summed E-state index contributed by atoms with van der Waals surface area (Å²) >= 11 is 1.33. The van der Waals surface area contributed by atoms with E-state index >= 15 is 0 Å². The molecule has 7 nitrogen and oxygen atoms in total. The lowest BCUT2D eigenvalue weighted by Gasteiger charge is -2.19. The van der Waals surface area contributed by atoms with Crippen LogP contribution in [-0.4, -0.2) is 38.9 Å². The van der Waals surface area contributed by atoms with E-state index in [2.05, 4.69) is 10.4 Å². The number of nitrogens with zero attached hydrogens (tertiary/aromatic N) is 4. The number of benzene rings is 2. The molecule has 1 N–H and O–H groups in total. The Hall–Kier alpha value is -3.13. The van der Waals surface area contributed by atoms with Crippen LogP contribution in [0, 0.1) is 0 Å². The van der Waals surface area contributed by atoms with E-state index in [4.69, 9.17) is 4.98 Å². The Morgan fingerprint density at radius 3 is 2.61 bits per heavy atom. The standard InChI is InChI=1S/C23H23N5O2S/c29-20(24-18-9-4-5-10-19(18)27-14-6-11-21(27)30)15-31-23-25-22(16-12-13-16)28(26-23)17-7-2-1-3-8-17/h1-5,7-10,16H,6,11-15H2,(H,24,29). The number of anilines is 2. The maximum Gasteiger partial charge on any atom is 0.234 e. The first kappa shape index (κ1) is 19.8. The highest BCUT2D eigenvalue weighted by Gasteiger charge is 2.30. The van der Waals surface area contributed by atoms with Crippen molar-refractivity contribution >= 4 is 35.0 Å². The highest BCUT2D eigenvalue weighted by atomic mass is 32.2. The minimum absolute atomic E-state index is 0.0966. The zero-order valence-electron chi connectivity index (χ0n) is 17.0. The van der Waals surface area contributed by atoms with Gasteiger partial charge in [-0.25, -0.2) is 9.67 Å². The topological polar surface area (TPSA) is 80.1 Å². The van der Waals surface area contributed by atoms with Crippen LogP contribution < -0.4 is 10.2 Å². The van der Waals surface area contributed by atoms with Gasteiger partial charge in [-0.2, -0.15) is 0 Å². The van der Waals surface area contributed by atoms with E-state index in [0.717, 1.165) is 36.5 Å². The average Bonchev–Trinajstić information content (AvgIpc) is 3.41. The van der Waals surface area contributed by atoms with Crippen molar-refractivity contribution in [1.29, 1.82) is 0 Å². The van der Waals surface area contributed by atoms with Crippen LogP contribution in [0.4, 0.5) is 11.4 Å². The third-order valence-electron chi connectivity index (χ3n) is 5.43. The first-order valence-electron chi connectivity index (χ1n) is 10.5. The lowest BCUT2D eigenvalue weighted by atomic mass is 10.2. The molecule has 31 heavy (non-hydrogen) atoms. The molecule has 2 heterocycles. The quantitative estimate of drug-likeness (QED) is 0.570. The predicted molar refractivity (Wildman–Crippen MR) is 121 cm³/mol. The number of hydrogen-bond donors (Lipinski definition) is 1.